The molecule has 7 nitrogen and oxygen atoms in total. The van der Waals surface area contributed by atoms with E-state index in [2.05, 4.69) is 16.8 Å². The second-order valence-electron chi connectivity index (χ2n) is 7.56. The summed E-state index contributed by atoms with van der Waals surface area (Å²) in [6.07, 6.45) is 1.32. The zero-order valence-electron chi connectivity index (χ0n) is 16.8. The number of anilines is 1. The molecule has 1 saturated heterocycles. The number of imide groups is 1. The van der Waals surface area contributed by atoms with Crippen LogP contribution in [-0.4, -0.2) is 46.5 Å². The number of nitrogens with zero attached hydrogens (tertiary/aromatic N) is 2. The Labute approximate surface area is 178 Å². The summed E-state index contributed by atoms with van der Waals surface area (Å²) in [6, 6.07) is 7.35. The number of benzene rings is 1. The van der Waals surface area contributed by atoms with E-state index < -0.39 is 0 Å². The summed E-state index contributed by atoms with van der Waals surface area (Å²) in [5.74, 6) is -0.802. The molecule has 2 aromatic rings. The molecule has 30 heavy (non-hydrogen) atoms. The standard InChI is InChI=1S/C22H23N3O4S/c1-14-16(22(29)24-10-7-18-15(13-24)9-12-30-18)3-2-4-17(14)23-19(26)8-11-25-20(27)5-6-21(25)28/h2-4,9,12H,5-8,10-11,13H2,1H3,(H,23,26). The molecule has 3 heterocycles. The SMILES string of the molecule is Cc1c(NC(=O)CCN2C(=O)CCC2=O)cccc1C(=O)N1CCc2sccc2C1. The Hall–Kier alpha value is -3.00. The lowest BCUT2D eigenvalue weighted by atomic mass is 10.0. The van der Waals surface area contributed by atoms with Crippen LogP contribution in [0.5, 0.6) is 0 Å². The molecule has 4 rings (SSSR count). The van der Waals surface area contributed by atoms with E-state index >= 15 is 0 Å². The van der Waals surface area contributed by atoms with Crippen LogP contribution in [0.4, 0.5) is 5.69 Å². The Morgan fingerprint density at radius 2 is 1.87 bits per heavy atom. The van der Waals surface area contributed by atoms with E-state index in [0.717, 1.165) is 11.3 Å². The lowest BCUT2D eigenvalue weighted by molar-refractivity contribution is -0.138. The van der Waals surface area contributed by atoms with Crippen LogP contribution >= 0.6 is 11.3 Å². The normalized spacial score (nSPS) is 16.0. The molecule has 1 N–H and O–H groups in total. The van der Waals surface area contributed by atoms with Crippen molar-refractivity contribution >= 4 is 40.7 Å². The lowest BCUT2D eigenvalue weighted by Crippen LogP contribution is -2.35. The maximum atomic E-state index is 13.1. The van der Waals surface area contributed by atoms with Crippen molar-refractivity contribution in [1.82, 2.24) is 9.80 Å². The zero-order chi connectivity index (χ0) is 21.3. The number of carbonyl (C=O) groups is 4. The summed E-state index contributed by atoms with van der Waals surface area (Å²) >= 11 is 1.73. The number of nitrogens with one attached hydrogen (secondary N) is 1. The Morgan fingerprint density at radius 3 is 2.63 bits per heavy atom. The first kappa shape index (κ1) is 20.3. The molecule has 2 aliphatic heterocycles. The van der Waals surface area contributed by atoms with E-state index in [1.807, 2.05) is 11.8 Å². The van der Waals surface area contributed by atoms with Crippen LogP contribution in [0.25, 0.3) is 0 Å². The summed E-state index contributed by atoms with van der Waals surface area (Å²) in [4.78, 5) is 53.1. The van der Waals surface area contributed by atoms with E-state index in [4.69, 9.17) is 0 Å². The summed E-state index contributed by atoms with van der Waals surface area (Å²) in [5, 5.41) is 4.88. The molecule has 8 heteroatoms. The van der Waals surface area contributed by atoms with Crippen molar-refractivity contribution in [1.29, 1.82) is 0 Å². The van der Waals surface area contributed by atoms with E-state index in [1.165, 1.54) is 10.4 Å². The summed E-state index contributed by atoms with van der Waals surface area (Å²) in [7, 11) is 0. The van der Waals surface area contributed by atoms with E-state index in [0.29, 0.717) is 29.9 Å². The third kappa shape index (κ3) is 4.00. The Kier molecular flexibility index (Phi) is 5.67. The predicted molar refractivity (Wildman–Crippen MR) is 113 cm³/mol. The molecule has 4 amide bonds. The first-order chi connectivity index (χ1) is 14.4. The van der Waals surface area contributed by atoms with Gasteiger partial charge in [-0.15, -0.1) is 11.3 Å². The molecule has 1 aromatic heterocycles. The number of hydrogen-bond acceptors (Lipinski definition) is 5. The van der Waals surface area contributed by atoms with Crippen LogP contribution in [0.1, 0.15) is 45.6 Å². The molecule has 1 fully saturated rings. The molecule has 2 aliphatic rings. The number of amides is 4. The quantitative estimate of drug-likeness (QED) is 0.747. The van der Waals surface area contributed by atoms with E-state index in [-0.39, 0.29) is 49.4 Å². The van der Waals surface area contributed by atoms with Gasteiger partial charge < -0.3 is 10.2 Å². The van der Waals surface area contributed by atoms with Crippen molar-refractivity contribution < 1.29 is 19.2 Å². The molecule has 0 spiro atoms. The van der Waals surface area contributed by atoms with Crippen molar-refractivity contribution in [2.45, 2.75) is 39.2 Å². The molecular weight excluding hydrogens is 402 g/mol. The first-order valence-electron chi connectivity index (χ1n) is 10.0. The van der Waals surface area contributed by atoms with Crippen molar-refractivity contribution in [2.75, 3.05) is 18.4 Å². The Morgan fingerprint density at radius 1 is 1.10 bits per heavy atom. The van der Waals surface area contributed by atoms with Crippen LogP contribution in [0.15, 0.2) is 29.6 Å². The van der Waals surface area contributed by atoms with Gasteiger partial charge in [0.05, 0.1) is 0 Å². The average Bonchev–Trinajstić information content (AvgIpc) is 3.33. The molecule has 0 unspecified atom stereocenters. The van der Waals surface area contributed by atoms with Gasteiger partial charge in [-0.2, -0.15) is 0 Å². The van der Waals surface area contributed by atoms with Gasteiger partial charge in [-0.3, -0.25) is 24.1 Å². The van der Waals surface area contributed by atoms with Gasteiger partial charge in [-0.1, -0.05) is 6.07 Å². The van der Waals surface area contributed by atoms with Crippen LogP contribution in [-0.2, 0) is 27.3 Å². The van der Waals surface area contributed by atoms with Gasteiger partial charge in [-0.25, -0.2) is 0 Å². The van der Waals surface area contributed by atoms with E-state index in [1.54, 1.807) is 29.5 Å². The largest absolute Gasteiger partial charge is 0.334 e. The lowest BCUT2D eigenvalue weighted by Gasteiger charge is -2.28. The van der Waals surface area contributed by atoms with Crippen LogP contribution < -0.4 is 5.32 Å². The smallest absolute Gasteiger partial charge is 0.254 e. The maximum absolute atomic E-state index is 13.1. The number of thiophene rings is 1. The Bertz CT molecular complexity index is 1010. The van der Waals surface area contributed by atoms with Gasteiger partial charge in [0.25, 0.3) is 5.91 Å². The monoisotopic (exact) mass is 425 g/mol. The maximum Gasteiger partial charge on any atom is 0.254 e. The topological polar surface area (TPSA) is 86.8 Å². The molecule has 1 aromatic carbocycles. The molecule has 156 valence electrons. The van der Waals surface area contributed by atoms with Crippen molar-refractivity contribution in [2.24, 2.45) is 0 Å². The van der Waals surface area contributed by atoms with Crippen LogP contribution in [0.3, 0.4) is 0 Å². The number of carbonyl (C=O) groups excluding carboxylic acids is 4. The summed E-state index contributed by atoms with van der Waals surface area (Å²) in [6.45, 7) is 3.18. The van der Waals surface area contributed by atoms with Gasteiger partial charge in [0.1, 0.15) is 0 Å². The highest BCUT2D eigenvalue weighted by atomic mass is 32.1. The minimum atomic E-state index is -0.295. The van der Waals surface area contributed by atoms with Crippen molar-refractivity contribution in [3.8, 4) is 0 Å². The third-order valence-electron chi connectivity index (χ3n) is 5.65. The molecule has 0 saturated carbocycles. The number of likely N-dealkylation sites (tertiary alicyclic amines) is 1. The van der Waals surface area contributed by atoms with Gasteiger partial charge >= 0.3 is 0 Å². The zero-order valence-corrected chi connectivity index (χ0v) is 17.6. The fourth-order valence-electron chi connectivity index (χ4n) is 3.89. The Balaban J connectivity index is 1.41. The highest BCUT2D eigenvalue weighted by molar-refractivity contribution is 7.10. The fraction of sp³-hybridized carbons (Fsp3) is 0.364. The summed E-state index contributed by atoms with van der Waals surface area (Å²) in [5.41, 5.74) is 3.04. The highest BCUT2D eigenvalue weighted by Crippen LogP contribution is 2.27. The van der Waals surface area contributed by atoms with E-state index in [9.17, 15) is 19.2 Å². The first-order valence-corrected chi connectivity index (χ1v) is 10.9. The van der Waals surface area contributed by atoms with Crippen molar-refractivity contribution in [3.63, 3.8) is 0 Å². The molecule has 0 radical (unpaired) electrons. The van der Waals surface area contributed by atoms with Gasteiger partial charge in [-0.05, 0) is 48.1 Å². The number of fused-ring (bicyclic) bond motifs is 1. The second-order valence-corrected chi connectivity index (χ2v) is 8.56. The third-order valence-corrected chi connectivity index (χ3v) is 6.67. The van der Waals surface area contributed by atoms with Crippen molar-refractivity contribution in [3.05, 3.63) is 51.2 Å². The summed E-state index contributed by atoms with van der Waals surface area (Å²) < 4.78 is 0. The molecule has 0 atom stereocenters. The van der Waals surface area contributed by atoms with Crippen LogP contribution in [0, 0.1) is 6.92 Å². The molecular formula is C22H23N3O4S. The van der Waals surface area contributed by atoms with Gasteiger partial charge in [0.2, 0.25) is 17.7 Å². The van der Waals surface area contributed by atoms with Crippen LogP contribution in [0.2, 0.25) is 0 Å². The predicted octanol–water partition coefficient (Wildman–Crippen LogP) is 2.73. The van der Waals surface area contributed by atoms with Gasteiger partial charge in [0, 0.05) is 55.0 Å². The van der Waals surface area contributed by atoms with Gasteiger partial charge in [0.15, 0.2) is 0 Å². The number of hydrogen-bond donors (Lipinski definition) is 1. The molecule has 0 aliphatic carbocycles. The minimum absolute atomic E-state index is 0.0299. The second kappa shape index (κ2) is 8.39. The highest BCUT2D eigenvalue weighted by Gasteiger charge is 2.29. The molecule has 0 bridgehead atoms. The minimum Gasteiger partial charge on any atom is -0.334 e. The number of rotatable bonds is 5. The average molecular weight is 426 g/mol. The fourth-order valence-corrected chi connectivity index (χ4v) is 4.78.